The zero-order valence-electron chi connectivity index (χ0n) is 18.2. The first-order valence-electron chi connectivity index (χ1n) is 11.1. The molecule has 6 heteroatoms. The molecule has 5 nitrogen and oxygen atoms in total. The molecule has 1 N–H and O–H groups in total. The minimum Gasteiger partial charge on any atom is -0.494 e. The molecule has 2 atom stereocenters. The van der Waals surface area contributed by atoms with Crippen molar-refractivity contribution in [3.8, 4) is 22.9 Å². The second-order valence-electron chi connectivity index (χ2n) is 7.57. The molecule has 0 bridgehead atoms. The molecule has 0 aliphatic rings. The van der Waals surface area contributed by atoms with Crippen molar-refractivity contribution in [1.82, 2.24) is 9.97 Å². The second kappa shape index (κ2) is 13.9. The Hall–Kier alpha value is -2.21. The molecule has 166 valence electrons. The number of alkyl halides is 1. The first-order chi connectivity index (χ1) is 14.6. The van der Waals surface area contributed by atoms with Crippen molar-refractivity contribution in [2.45, 2.75) is 77.5 Å². The van der Waals surface area contributed by atoms with E-state index in [2.05, 4.69) is 16.9 Å². The molecule has 0 aliphatic heterocycles. The van der Waals surface area contributed by atoms with Crippen molar-refractivity contribution in [2.75, 3.05) is 13.2 Å². The zero-order valence-corrected chi connectivity index (χ0v) is 18.2. The number of aliphatic hydroxyl groups is 1. The fourth-order valence-corrected chi connectivity index (χ4v) is 3.07. The second-order valence-corrected chi connectivity index (χ2v) is 7.57. The van der Waals surface area contributed by atoms with Crippen molar-refractivity contribution in [3.05, 3.63) is 36.7 Å². The van der Waals surface area contributed by atoms with Gasteiger partial charge in [0.15, 0.2) is 11.6 Å². The maximum absolute atomic E-state index is 13.6. The molecule has 0 saturated heterocycles. The van der Waals surface area contributed by atoms with Crippen molar-refractivity contribution < 1.29 is 19.0 Å². The van der Waals surface area contributed by atoms with E-state index in [-0.39, 0.29) is 6.61 Å². The Morgan fingerprint density at radius 3 is 2.20 bits per heavy atom. The number of unbranched alkanes of at least 4 members (excludes halogenated alkanes) is 5. The van der Waals surface area contributed by atoms with E-state index in [0.29, 0.717) is 24.4 Å². The SMILES string of the molecule is CCCCCCCCOc1ccc(-c2ncc(OC[C@@H](O)[C@@H](F)CCC)cn2)cc1. The Labute approximate surface area is 179 Å². The molecule has 0 aliphatic carbocycles. The fourth-order valence-electron chi connectivity index (χ4n) is 3.07. The van der Waals surface area contributed by atoms with Crippen LogP contribution in [0.1, 0.15) is 65.2 Å². The lowest BCUT2D eigenvalue weighted by Gasteiger charge is -2.15. The van der Waals surface area contributed by atoms with Gasteiger partial charge in [0.05, 0.1) is 19.0 Å². The number of hydrogen-bond donors (Lipinski definition) is 1. The fraction of sp³-hybridized carbons (Fsp3) is 0.583. The predicted molar refractivity (Wildman–Crippen MR) is 118 cm³/mol. The molecular weight excluding hydrogens is 383 g/mol. The standard InChI is InChI=1S/C24H35FN2O3/c1-3-5-6-7-8-9-15-29-20-13-11-19(12-14-20)24-26-16-21(17-27-24)30-18-23(28)22(25)10-4-2/h11-14,16-17,22-23,28H,3-10,15,18H2,1-2H3/t22-,23+/m0/s1. The van der Waals surface area contributed by atoms with Crippen LogP contribution in [-0.2, 0) is 0 Å². The van der Waals surface area contributed by atoms with Crippen LogP contribution in [0, 0.1) is 0 Å². The number of halogens is 1. The number of ether oxygens (including phenoxy) is 2. The Balaban J connectivity index is 1.75. The molecule has 1 aromatic heterocycles. The van der Waals surface area contributed by atoms with Crippen LogP contribution >= 0.6 is 0 Å². The van der Waals surface area contributed by atoms with Crippen LogP contribution in [0.5, 0.6) is 11.5 Å². The van der Waals surface area contributed by atoms with Gasteiger partial charge >= 0.3 is 0 Å². The lowest BCUT2D eigenvalue weighted by atomic mass is 10.1. The average Bonchev–Trinajstić information content (AvgIpc) is 2.78. The highest BCUT2D eigenvalue weighted by atomic mass is 19.1. The van der Waals surface area contributed by atoms with Gasteiger partial charge in [0.1, 0.15) is 24.6 Å². The average molecular weight is 419 g/mol. The van der Waals surface area contributed by atoms with Gasteiger partial charge in [-0.25, -0.2) is 14.4 Å². The highest BCUT2D eigenvalue weighted by Crippen LogP contribution is 2.21. The van der Waals surface area contributed by atoms with Crippen LogP contribution in [0.25, 0.3) is 11.4 Å². The molecule has 0 radical (unpaired) electrons. The number of nitrogens with zero attached hydrogens (tertiary/aromatic N) is 2. The van der Waals surface area contributed by atoms with Crippen molar-refractivity contribution in [2.24, 2.45) is 0 Å². The van der Waals surface area contributed by atoms with Crippen LogP contribution in [0.4, 0.5) is 4.39 Å². The molecule has 30 heavy (non-hydrogen) atoms. The van der Waals surface area contributed by atoms with E-state index in [1.165, 1.54) is 44.5 Å². The quantitative estimate of drug-likeness (QED) is 0.373. The molecule has 0 spiro atoms. The molecule has 0 amide bonds. The van der Waals surface area contributed by atoms with E-state index in [4.69, 9.17) is 9.47 Å². The van der Waals surface area contributed by atoms with Crippen molar-refractivity contribution in [3.63, 3.8) is 0 Å². The third-order valence-electron chi connectivity index (χ3n) is 4.91. The summed E-state index contributed by atoms with van der Waals surface area (Å²) in [6.07, 6.45) is 9.09. The highest BCUT2D eigenvalue weighted by Gasteiger charge is 2.18. The van der Waals surface area contributed by atoms with Gasteiger partial charge in [-0.2, -0.15) is 0 Å². The van der Waals surface area contributed by atoms with Crippen molar-refractivity contribution >= 4 is 0 Å². The van der Waals surface area contributed by atoms with E-state index >= 15 is 0 Å². The summed E-state index contributed by atoms with van der Waals surface area (Å²) in [7, 11) is 0. The van der Waals surface area contributed by atoms with Gasteiger partial charge in [0.25, 0.3) is 0 Å². The summed E-state index contributed by atoms with van der Waals surface area (Å²) in [5.41, 5.74) is 0.875. The van der Waals surface area contributed by atoms with Crippen LogP contribution in [-0.4, -0.2) is 40.6 Å². The third-order valence-corrected chi connectivity index (χ3v) is 4.91. The van der Waals surface area contributed by atoms with Gasteiger partial charge in [-0.05, 0) is 37.1 Å². The van der Waals surface area contributed by atoms with Crippen LogP contribution in [0.3, 0.4) is 0 Å². The molecule has 0 fully saturated rings. The maximum atomic E-state index is 13.6. The van der Waals surface area contributed by atoms with Gasteiger partial charge in [0.2, 0.25) is 0 Å². The number of benzene rings is 1. The predicted octanol–water partition coefficient (Wildman–Crippen LogP) is 5.76. The number of rotatable bonds is 15. The largest absolute Gasteiger partial charge is 0.494 e. The van der Waals surface area contributed by atoms with Crippen LogP contribution in [0.2, 0.25) is 0 Å². The van der Waals surface area contributed by atoms with E-state index in [1.54, 1.807) is 0 Å². The lowest BCUT2D eigenvalue weighted by Crippen LogP contribution is -2.28. The van der Waals surface area contributed by atoms with E-state index in [9.17, 15) is 9.50 Å². The van der Waals surface area contributed by atoms with Crippen molar-refractivity contribution in [1.29, 1.82) is 0 Å². The topological polar surface area (TPSA) is 64.5 Å². The normalized spacial score (nSPS) is 13.1. The monoisotopic (exact) mass is 418 g/mol. The molecule has 0 unspecified atom stereocenters. The van der Waals surface area contributed by atoms with E-state index in [0.717, 1.165) is 24.3 Å². The summed E-state index contributed by atoms with van der Waals surface area (Å²) in [6.45, 7) is 4.72. The molecule has 0 saturated carbocycles. The Morgan fingerprint density at radius 2 is 1.53 bits per heavy atom. The first kappa shape index (κ1) is 24.1. The summed E-state index contributed by atoms with van der Waals surface area (Å²) in [5, 5.41) is 9.74. The molecule has 1 aromatic carbocycles. The summed E-state index contributed by atoms with van der Waals surface area (Å²) in [5.74, 6) is 1.81. The van der Waals surface area contributed by atoms with Gasteiger partial charge in [0, 0.05) is 5.56 Å². The minimum absolute atomic E-state index is 0.117. The van der Waals surface area contributed by atoms with Gasteiger partial charge in [-0.15, -0.1) is 0 Å². The third kappa shape index (κ3) is 8.66. The number of hydrogen-bond acceptors (Lipinski definition) is 5. The summed E-state index contributed by atoms with van der Waals surface area (Å²) >= 11 is 0. The molecular formula is C24H35FN2O3. The number of aliphatic hydroxyl groups excluding tert-OH is 1. The van der Waals surface area contributed by atoms with E-state index in [1.807, 2.05) is 31.2 Å². The van der Waals surface area contributed by atoms with E-state index < -0.39 is 12.3 Å². The van der Waals surface area contributed by atoms with Gasteiger partial charge in [-0.1, -0.05) is 52.4 Å². The molecule has 1 heterocycles. The smallest absolute Gasteiger partial charge is 0.159 e. The maximum Gasteiger partial charge on any atom is 0.159 e. The lowest BCUT2D eigenvalue weighted by molar-refractivity contribution is 0.0329. The Bertz CT molecular complexity index is 695. The summed E-state index contributed by atoms with van der Waals surface area (Å²) < 4.78 is 24.8. The highest BCUT2D eigenvalue weighted by molar-refractivity contribution is 5.56. The van der Waals surface area contributed by atoms with Gasteiger partial charge in [-0.3, -0.25) is 0 Å². The van der Waals surface area contributed by atoms with Gasteiger partial charge < -0.3 is 14.6 Å². The van der Waals surface area contributed by atoms with Crippen LogP contribution < -0.4 is 9.47 Å². The Kier molecular flexibility index (Phi) is 11.2. The molecule has 2 aromatic rings. The summed E-state index contributed by atoms with van der Waals surface area (Å²) in [6, 6.07) is 7.70. The Morgan fingerprint density at radius 1 is 0.867 bits per heavy atom. The summed E-state index contributed by atoms with van der Waals surface area (Å²) in [4.78, 5) is 8.59. The minimum atomic E-state index is -1.28. The molecule has 2 rings (SSSR count). The first-order valence-corrected chi connectivity index (χ1v) is 11.1. The number of aromatic nitrogens is 2. The zero-order chi connectivity index (χ0) is 21.6. The van der Waals surface area contributed by atoms with Crippen LogP contribution in [0.15, 0.2) is 36.7 Å².